The molecule has 1 aromatic carbocycles. The quantitative estimate of drug-likeness (QED) is 0.678. The fraction of sp³-hybridized carbons (Fsp3) is 0.125. The molecule has 20 heavy (non-hydrogen) atoms. The maximum Gasteiger partial charge on any atom is 0.152 e. The molecule has 0 aliphatic carbocycles. The van der Waals surface area contributed by atoms with Crippen molar-refractivity contribution in [1.29, 1.82) is 0 Å². The molecule has 100 valence electrons. The van der Waals surface area contributed by atoms with Gasteiger partial charge < -0.3 is 4.52 Å². The summed E-state index contributed by atoms with van der Waals surface area (Å²) in [5, 5.41) is 4.00. The van der Waals surface area contributed by atoms with Crippen LogP contribution in [0, 0.1) is 0 Å². The zero-order valence-electron chi connectivity index (χ0n) is 10.8. The van der Waals surface area contributed by atoms with Crippen LogP contribution >= 0.6 is 11.6 Å². The van der Waals surface area contributed by atoms with Crippen molar-refractivity contribution in [3.8, 4) is 11.3 Å². The second-order valence-electron chi connectivity index (χ2n) is 4.51. The maximum atomic E-state index is 5.70. The van der Waals surface area contributed by atoms with E-state index in [0.29, 0.717) is 11.6 Å². The molecule has 0 N–H and O–H groups in total. The van der Waals surface area contributed by atoms with Crippen LogP contribution in [0.25, 0.3) is 11.3 Å². The molecule has 0 aliphatic rings. The molecular formula is C16H13ClN2O. The van der Waals surface area contributed by atoms with Gasteiger partial charge in [0.05, 0.1) is 5.88 Å². The molecule has 0 aliphatic heterocycles. The molecule has 3 nitrogen and oxygen atoms in total. The first kappa shape index (κ1) is 12.9. The zero-order chi connectivity index (χ0) is 13.8. The summed E-state index contributed by atoms with van der Waals surface area (Å²) in [4.78, 5) is 4.33. The van der Waals surface area contributed by atoms with Crippen LogP contribution in [0.2, 0.25) is 0 Å². The van der Waals surface area contributed by atoms with Crippen molar-refractivity contribution in [2.24, 2.45) is 0 Å². The van der Waals surface area contributed by atoms with Crippen molar-refractivity contribution in [3.05, 3.63) is 71.7 Å². The normalized spacial score (nSPS) is 10.7. The van der Waals surface area contributed by atoms with Crippen LogP contribution < -0.4 is 0 Å². The molecule has 0 amide bonds. The Hall–Kier alpha value is -2.13. The lowest BCUT2D eigenvalue weighted by molar-refractivity contribution is 0.396. The number of hydrogen-bond donors (Lipinski definition) is 0. The number of alkyl halides is 1. The second kappa shape index (κ2) is 5.88. The minimum absolute atomic E-state index is 0.338. The Morgan fingerprint density at radius 3 is 2.55 bits per heavy atom. The number of pyridine rings is 1. The Morgan fingerprint density at radius 1 is 1.05 bits per heavy atom. The standard InChI is InChI=1S/C16H13ClN2O/c17-11-15-10-16(19-20-15)13-6-4-12(5-7-13)9-14-3-1-2-8-18-14/h1-8,10H,9,11H2. The second-order valence-corrected chi connectivity index (χ2v) is 4.77. The summed E-state index contributed by atoms with van der Waals surface area (Å²) in [7, 11) is 0. The smallest absolute Gasteiger partial charge is 0.152 e. The highest BCUT2D eigenvalue weighted by atomic mass is 35.5. The summed E-state index contributed by atoms with van der Waals surface area (Å²) in [5.41, 5.74) is 4.11. The minimum atomic E-state index is 0.338. The number of aromatic nitrogens is 2. The van der Waals surface area contributed by atoms with E-state index in [-0.39, 0.29) is 0 Å². The zero-order valence-corrected chi connectivity index (χ0v) is 11.5. The van der Waals surface area contributed by atoms with Gasteiger partial charge in [-0.05, 0) is 17.7 Å². The Bertz CT molecular complexity index is 677. The van der Waals surface area contributed by atoms with Gasteiger partial charge in [0.15, 0.2) is 5.76 Å². The molecule has 0 saturated carbocycles. The minimum Gasteiger partial charge on any atom is -0.359 e. The number of hydrogen-bond acceptors (Lipinski definition) is 3. The predicted octanol–water partition coefficient (Wildman–Crippen LogP) is 4.07. The lowest BCUT2D eigenvalue weighted by Gasteiger charge is -2.02. The van der Waals surface area contributed by atoms with E-state index in [9.17, 15) is 0 Å². The van der Waals surface area contributed by atoms with Crippen LogP contribution in [0.3, 0.4) is 0 Å². The van der Waals surface area contributed by atoms with E-state index in [4.69, 9.17) is 16.1 Å². The Kier molecular flexibility index (Phi) is 3.79. The first-order valence-corrected chi connectivity index (χ1v) is 6.89. The molecule has 0 radical (unpaired) electrons. The highest BCUT2D eigenvalue weighted by Crippen LogP contribution is 2.21. The Balaban J connectivity index is 1.77. The fourth-order valence-electron chi connectivity index (χ4n) is 2.02. The number of rotatable bonds is 4. The van der Waals surface area contributed by atoms with Gasteiger partial charge in [-0.2, -0.15) is 0 Å². The third kappa shape index (κ3) is 2.89. The Labute approximate surface area is 122 Å². The van der Waals surface area contributed by atoms with Crippen LogP contribution in [0.15, 0.2) is 59.3 Å². The van der Waals surface area contributed by atoms with Crippen LogP contribution in [-0.4, -0.2) is 10.1 Å². The molecule has 3 aromatic rings. The molecule has 0 spiro atoms. The van der Waals surface area contributed by atoms with Crippen LogP contribution in [0.4, 0.5) is 0 Å². The number of halogens is 1. The van der Waals surface area contributed by atoms with Crippen molar-refractivity contribution >= 4 is 11.6 Å². The summed E-state index contributed by atoms with van der Waals surface area (Å²) in [5.74, 6) is 1.02. The molecular weight excluding hydrogens is 272 g/mol. The summed E-state index contributed by atoms with van der Waals surface area (Å²) < 4.78 is 5.10. The summed E-state index contributed by atoms with van der Waals surface area (Å²) >= 11 is 5.70. The molecule has 0 unspecified atom stereocenters. The molecule has 0 atom stereocenters. The fourth-order valence-corrected chi connectivity index (χ4v) is 2.14. The SMILES string of the molecule is ClCc1cc(-c2ccc(Cc3ccccn3)cc2)no1. The van der Waals surface area contributed by atoms with Gasteiger partial charge in [0, 0.05) is 29.9 Å². The first-order chi connectivity index (χ1) is 9.85. The van der Waals surface area contributed by atoms with Crippen LogP contribution in [0.5, 0.6) is 0 Å². The van der Waals surface area contributed by atoms with E-state index in [1.54, 1.807) is 0 Å². The van der Waals surface area contributed by atoms with Crippen molar-refractivity contribution in [2.75, 3.05) is 0 Å². The average molecular weight is 285 g/mol. The van der Waals surface area contributed by atoms with E-state index in [0.717, 1.165) is 23.4 Å². The molecule has 0 fully saturated rings. The Morgan fingerprint density at radius 2 is 1.90 bits per heavy atom. The number of nitrogens with zero attached hydrogens (tertiary/aromatic N) is 2. The van der Waals surface area contributed by atoms with Gasteiger partial charge in [-0.15, -0.1) is 11.6 Å². The van der Waals surface area contributed by atoms with Gasteiger partial charge >= 0.3 is 0 Å². The predicted molar refractivity (Wildman–Crippen MR) is 78.5 cm³/mol. The monoisotopic (exact) mass is 284 g/mol. The van der Waals surface area contributed by atoms with Gasteiger partial charge in [-0.3, -0.25) is 4.98 Å². The number of benzene rings is 1. The van der Waals surface area contributed by atoms with Gasteiger partial charge in [-0.1, -0.05) is 35.5 Å². The van der Waals surface area contributed by atoms with Crippen LogP contribution in [0.1, 0.15) is 17.0 Å². The summed E-state index contributed by atoms with van der Waals surface area (Å²) in [6.07, 6.45) is 2.64. The molecule has 0 saturated heterocycles. The largest absolute Gasteiger partial charge is 0.359 e. The van der Waals surface area contributed by atoms with Crippen molar-refractivity contribution in [1.82, 2.24) is 10.1 Å². The van der Waals surface area contributed by atoms with Crippen molar-refractivity contribution < 1.29 is 4.52 Å². The maximum absolute atomic E-state index is 5.70. The lowest BCUT2D eigenvalue weighted by Crippen LogP contribution is -1.90. The summed E-state index contributed by atoms with van der Waals surface area (Å²) in [6.45, 7) is 0. The van der Waals surface area contributed by atoms with Crippen molar-refractivity contribution in [2.45, 2.75) is 12.3 Å². The highest BCUT2D eigenvalue weighted by Gasteiger charge is 2.06. The van der Waals surface area contributed by atoms with Gasteiger partial charge in [0.25, 0.3) is 0 Å². The van der Waals surface area contributed by atoms with E-state index in [1.807, 2.05) is 42.6 Å². The topological polar surface area (TPSA) is 38.9 Å². The molecule has 2 heterocycles. The molecule has 3 rings (SSSR count). The van der Waals surface area contributed by atoms with E-state index < -0.39 is 0 Å². The molecule has 2 aromatic heterocycles. The molecule has 0 bridgehead atoms. The molecule has 4 heteroatoms. The van der Waals surface area contributed by atoms with E-state index in [1.165, 1.54) is 5.56 Å². The van der Waals surface area contributed by atoms with Gasteiger partial charge in [0.2, 0.25) is 0 Å². The third-order valence-electron chi connectivity index (χ3n) is 3.05. The average Bonchev–Trinajstić information content (AvgIpc) is 2.98. The summed E-state index contributed by atoms with van der Waals surface area (Å²) in [6, 6.07) is 16.0. The van der Waals surface area contributed by atoms with Crippen molar-refractivity contribution in [3.63, 3.8) is 0 Å². The van der Waals surface area contributed by atoms with E-state index >= 15 is 0 Å². The first-order valence-electron chi connectivity index (χ1n) is 6.36. The highest BCUT2D eigenvalue weighted by molar-refractivity contribution is 6.16. The van der Waals surface area contributed by atoms with Gasteiger partial charge in [0.1, 0.15) is 5.69 Å². The third-order valence-corrected chi connectivity index (χ3v) is 3.32. The van der Waals surface area contributed by atoms with E-state index in [2.05, 4.69) is 22.3 Å². The lowest BCUT2D eigenvalue weighted by atomic mass is 10.1. The van der Waals surface area contributed by atoms with Gasteiger partial charge in [-0.25, -0.2) is 0 Å². The van der Waals surface area contributed by atoms with Crippen LogP contribution in [-0.2, 0) is 12.3 Å².